The third-order valence-electron chi connectivity index (χ3n) is 4.96. The normalized spacial score (nSPS) is 16.9. The van der Waals surface area contributed by atoms with Gasteiger partial charge in [0.25, 0.3) is 0 Å². The summed E-state index contributed by atoms with van der Waals surface area (Å²) in [6.07, 6.45) is 0. The van der Waals surface area contributed by atoms with Gasteiger partial charge in [-0.25, -0.2) is 4.79 Å². The molecule has 0 spiro atoms. The highest BCUT2D eigenvalue weighted by molar-refractivity contribution is 14.3. The van der Waals surface area contributed by atoms with E-state index in [1.54, 1.807) is 0 Å². The smallest absolute Gasteiger partial charge is 0.332 e. The number of carboxylic acid groups (broad SMARTS) is 1. The second-order valence-corrected chi connectivity index (χ2v) is 82.3. The van der Waals surface area contributed by atoms with Gasteiger partial charge in [0.2, 0.25) is 0 Å². The van der Waals surface area contributed by atoms with Crippen molar-refractivity contribution in [3.8, 4) is 0 Å². The zero-order valence-corrected chi connectivity index (χ0v) is 76.3. The van der Waals surface area contributed by atoms with Crippen molar-refractivity contribution in [3.63, 3.8) is 0 Å². The molecule has 0 saturated heterocycles. The van der Waals surface area contributed by atoms with Crippen LogP contribution in [0.25, 0.3) is 0 Å². The van der Waals surface area contributed by atoms with E-state index >= 15 is 0 Å². The van der Waals surface area contributed by atoms with Gasteiger partial charge in [0, 0.05) is 0 Å². The molecule has 258 valence electrons. The molecule has 0 aliphatic rings. The van der Waals surface area contributed by atoms with Gasteiger partial charge in [-0.1, -0.05) is 610 Å². The van der Waals surface area contributed by atoms with E-state index in [0.717, 1.165) is 0 Å². The summed E-state index contributed by atoms with van der Waals surface area (Å²) >= 11 is 70.7. The lowest BCUT2D eigenvalue weighted by Gasteiger charge is -2.61. The zero-order valence-electron chi connectivity index (χ0n) is 18.1. The minimum absolute atomic E-state index is 0.0185. The standard InChI is InChI=1S/C14HI27O2/c15-2(16,1(42)43)3(17,18)4(19,20)5(21,22)6(23,24)7(25,26)8(27,28)9(29,30)10(31,32)11(33,34)12(35,36)13(37,38)14(39,40)41/h(H,42,43). The Morgan fingerprint density at radius 3 is 0.558 bits per heavy atom. The fourth-order valence-corrected chi connectivity index (χ4v) is 44.7. The first kappa shape index (κ1) is 62.2. The Balaban J connectivity index is 7.49. The van der Waals surface area contributed by atoms with E-state index in [9.17, 15) is 9.90 Å². The van der Waals surface area contributed by atoms with Crippen LogP contribution in [0.1, 0.15) is 0 Å². The number of carbonyl (C=O) groups is 1. The van der Waals surface area contributed by atoms with Crippen LogP contribution in [-0.2, 0) is 4.79 Å². The van der Waals surface area contributed by atoms with E-state index in [0.29, 0.717) is 0 Å². The van der Waals surface area contributed by atoms with E-state index in [1.165, 1.54) is 0 Å². The molecule has 43 heavy (non-hydrogen) atoms. The molecule has 0 aromatic rings. The number of halogens is 27. The summed E-state index contributed by atoms with van der Waals surface area (Å²) in [5.74, 6) is -0.812. The lowest BCUT2D eigenvalue weighted by molar-refractivity contribution is -0.136. The van der Waals surface area contributed by atoms with Crippen LogP contribution in [0, 0.1) is 0 Å². The molecule has 0 heterocycles. The Morgan fingerprint density at radius 2 is 0.419 bits per heavy atom. The molecule has 0 aromatic heterocycles. The van der Waals surface area contributed by atoms with Crippen molar-refractivity contribution < 1.29 is 9.90 Å². The molecular formula is C14HI27O2. The molecule has 0 fully saturated rings. The predicted octanol–water partition coefficient (Wildman–Crippen LogP) is 20.8. The van der Waals surface area contributed by atoms with Crippen molar-refractivity contribution in [2.45, 2.75) is 16.6 Å². The fourth-order valence-electron chi connectivity index (χ4n) is 2.28. The van der Waals surface area contributed by atoms with E-state index in [-0.39, 0.29) is 10.9 Å². The second kappa shape index (κ2) is 22.1. The maximum Gasteiger partial charge on any atom is 0.332 e. The molecule has 1 N–H and O–H groups in total. The van der Waals surface area contributed by atoms with Gasteiger partial charge in [0.05, 0.1) is 0 Å². The molecule has 29 heteroatoms. The van der Waals surface area contributed by atoms with Crippen molar-refractivity contribution in [1.82, 2.24) is 0 Å². The molecular weight excluding hydrogens is 3630 g/mol. The molecule has 0 atom stereocenters. The molecule has 0 amide bonds. The van der Waals surface area contributed by atoms with E-state index in [2.05, 4.69) is 610 Å². The monoisotopic (exact) mass is 3630 g/mol. The van der Waals surface area contributed by atoms with Crippen molar-refractivity contribution >= 4 is 616 Å². The van der Waals surface area contributed by atoms with Crippen LogP contribution in [-0.4, -0.2) is 27.7 Å². The number of hydrogen-bond acceptors (Lipinski definition) is 1. The van der Waals surface area contributed by atoms with Crippen molar-refractivity contribution in [3.05, 3.63) is 0 Å². The molecule has 0 unspecified atom stereocenters. The van der Waals surface area contributed by atoms with Crippen LogP contribution in [0.4, 0.5) is 0 Å². The summed E-state index contributed by atoms with van der Waals surface area (Å²) < 4.78 is -4.54. The van der Waals surface area contributed by atoms with Crippen LogP contribution in [0.3, 0.4) is 0 Å². The van der Waals surface area contributed by atoms with E-state index in [4.69, 9.17) is 0 Å². The molecule has 0 bridgehead atoms. The average Bonchev–Trinajstić information content (AvgIpc) is 2.76. The SMILES string of the molecule is O=C(O)C(I)(I)C(I)(I)C(I)(I)C(I)(I)C(I)(I)C(I)(I)C(I)(I)C(I)(I)C(I)(I)C(I)(I)C(I)(I)C(I)(I)C(I)(I)I. The van der Waals surface area contributed by atoms with Gasteiger partial charge < -0.3 is 5.11 Å². The largest absolute Gasteiger partial charge is 0.480 e. The van der Waals surface area contributed by atoms with Gasteiger partial charge in [-0.2, -0.15) is 0 Å². The van der Waals surface area contributed by atoms with Gasteiger partial charge >= 0.3 is 5.97 Å². The second-order valence-electron chi connectivity index (χ2n) is 7.70. The average molecular weight is 3630 g/mol. The van der Waals surface area contributed by atoms with Crippen LogP contribution in [0.5, 0.6) is 0 Å². The van der Waals surface area contributed by atoms with E-state index in [1.807, 2.05) is 0 Å². The molecule has 0 saturated carbocycles. The Morgan fingerprint density at radius 1 is 0.279 bits per heavy atom. The number of aliphatic carboxylic acids is 1. The maximum atomic E-state index is 12.5. The lowest BCUT2D eigenvalue weighted by atomic mass is 10.0. The summed E-state index contributed by atoms with van der Waals surface area (Å²) in [6, 6.07) is 0. The Kier molecular flexibility index (Phi) is 31.9. The van der Waals surface area contributed by atoms with Crippen molar-refractivity contribution in [2.24, 2.45) is 0 Å². The molecule has 0 aliphatic carbocycles. The molecule has 0 rings (SSSR count). The quantitative estimate of drug-likeness (QED) is 0.147. The van der Waals surface area contributed by atoms with Crippen molar-refractivity contribution in [2.75, 3.05) is 0 Å². The number of hydrogen-bond donors (Lipinski definition) is 1. The predicted molar refractivity (Wildman–Crippen MR) is 422 cm³/mol. The molecule has 0 radical (unpaired) electrons. The Hall–Kier alpha value is 19.2. The van der Waals surface area contributed by atoms with Crippen molar-refractivity contribution in [1.29, 1.82) is 0 Å². The van der Waals surface area contributed by atoms with Gasteiger partial charge in [-0.05, 0) is 0 Å². The summed E-state index contributed by atoms with van der Waals surface area (Å²) in [7, 11) is 0. The van der Waals surface area contributed by atoms with E-state index < -0.39 is 11.7 Å². The minimum atomic E-state index is -1.03. The molecule has 0 aliphatic heterocycles. The van der Waals surface area contributed by atoms with Crippen LogP contribution >= 0.6 is 610 Å². The summed E-state index contributed by atoms with van der Waals surface area (Å²) in [5.41, 5.74) is 0. The minimum Gasteiger partial charge on any atom is -0.480 e. The highest BCUT2D eigenvalue weighted by Gasteiger charge is 2.81. The Bertz CT molecular complexity index is 1060. The maximum absolute atomic E-state index is 12.5. The first-order valence-electron chi connectivity index (χ1n) is 8.78. The van der Waals surface area contributed by atoms with Gasteiger partial charge in [-0.15, -0.1) is 0 Å². The van der Waals surface area contributed by atoms with Gasteiger partial charge in [0.1, 0.15) is 15.1 Å². The number of rotatable bonds is 13. The van der Waals surface area contributed by atoms with Crippen LogP contribution in [0.15, 0.2) is 0 Å². The zero-order chi connectivity index (χ0) is 36.1. The highest BCUT2D eigenvalue weighted by Crippen LogP contribution is 2.83. The molecule has 2 nitrogen and oxygen atoms in total. The molecule has 0 aromatic carbocycles. The summed E-state index contributed by atoms with van der Waals surface area (Å²) in [4.78, 5) is 12.5. The first-order chi connectivity index (χ1) is 17.9. The number of carboxylic acids is 1. The lowest BCUT2D eigenvalue weighted by Crippen LogP contribution is -2.72. The van der Waals surface area contributed by atoms with Crippen LogP contribution in [0.2, 0.25) is 0 Å². The highest BCUT2D eigenvalue weighted by atomic mass is 127. The third kappa shape index (κ3) is 12.1. The fraction of sp³-hybridized carbons (Fsp3) is 0.929. The number of alkyl halides is 27. The summed E-state index contributed by atoms with van der Waals surface area (Å²) in [5, 5.41) is 10.3. The first-order valence-corrected chi connectivity index (χ1v) is 37.9. The third-order valence-corrected chi connectivity index (χ3v) is 97.1. The summed E-state index contributed by atoms with van der Waals surface area (Å²) in [6.45, 7) is 0. The van der Waals surface area contributed by atoms with Crippen LogP contribution < -0.4 is 0 Å². The Labute approximate surface area is 621 Å². The topological polar surface area (TPSA) is 37.3 Å². The van der Waals surface area contributed by atoms with Gasteiger partial charge in [0.15, 0.2) is 1.43 Å². The van der Waals surface area contributed by atoms with Gasteiger partial charge in [-0.3, -0.25) is 0 Å².